The number of likely N-dealkylation sites (tertiary alicyclic amines) is 1. The Morgan fingerprint density at radius 2 is 1.91 bits per heavy atom. The maximum absolute atomic E-state index is 11.3. The molecule has 0 aliphatic carbocycles. The van der Waals surface area contributed by atoms with E-state index in [1.807, 2.05) is 23.1 Å². The van der Waals surface area contributed by atoms with Gasteiger partial charge >= 0.3 is 5.97 Å². The number of aliphatic hydroxyl groups is 1. The van der Waals surface area contributed by atoms with Gasteiger partial charge in [0.25, 0.3) is 0 Å². The first-order valence-electron chi connectivity index (χ1n) is 11.1. The van der Waals surface area contributed by atoms with Gasteiger partial charge in [0.2, 0.25) is 0 Å². The van der Waals surface area contributed by atoms with E-state index < -0.39 is 12.1 Å². The van der Waals surface area contributed by atoms with Crippen LogP contribution in [-0.4, -0.2) is 70.1 Å². The number of halogens is 2. The molecule has 3 N–H and O–H groups in total. The summed E-state index contributed by atoms with van der Waals surface area (Å²) in [6.45, 7) is 2.50. The van der Waals surface area contributed by atoms with Crippen molar-refractivity contribution in [1.29, 1.82) is 0 Å². The molecule has 2 aromatic rings. The highest BCUT2D eigenvalue weighted by atomic mass is 35.5. The van der Waals surface area contributed by atoms with Crippen LogP contribution >= 0.6 is 23.2 Å². The predicted molar refractivity (Wildman–Crippen MR) is 126 cm³/mol. The second-order valence-electron chi connectivity index (χ2n) is 9.29. The molecule has 0 saturated carbocycles. The average molecular weight is 493 g/mol. The van der Waals surface area contributed by atoms with E-state index >= 15 is 0 Å². The van der Waals surface area contributed by atoms with Gasteiger partial charge in [0.1, 0.15) is 17.1 Å². The number of carboxylic acids is 1. The standard InChI is InChI=1S/C24H26Cl2N2O5/c25-16-1-2-22-15(7-16)11-24(33-22)3-5-27(6-4-24)19-12-28(13-21(19)30)18-10-20(29)17(26)8-14(18)9-23(31)32/h1-2,7-8,10,19,21,29-30H,3-6,9,11-13H2,(H,31,32)/t19?,21-/m1/s1. The Hall–Kier alpha value is -2.19. The van der Waals surface area contributed by atoms with Gasteiger partial charge in [-0.3, -0.25) is 9.69 Å². The SMILES string of the molecule is O=C(O)Cc1cc(Cl)c(O)cc1N1CC(N2CCC3(CC2)Cc2cc(Cl)ccc2O3)[C@H](O)C1. The van der Waals surface area contributed by atoms with Crippen molar-refractivity contribution in [3.63, 3.8) is 0 Å². The third-order valence-corrected chi connectivity index (χ3v) is 7.67. The highest BCUT2D eigenvalue weighted by Crippen LogP contribution is 2.43. The number of phenolic OH excluding ortho intramolecular Hbond substituents is 1. The van der Waals surface area contributed by atoms with Gasteiger partial charge < -0.3 is 25.0 Å². The monoisotopic (exact) mass is 492 g/mol. The molecule has 3 aliphatic heterocycles. The Labute approximate surface area is 202 Å². The van der Waals surface area contributed by atoms with Gasteiger partial charge in [0.15, 0.2) is 0 Å². The molecule has 0 bridgehead atoms. The lowest BCUT2D eigenvalue weighted by Crippen LogP contribution is -2.53. The third-order valence-electron chi connectivity index (χ3n) is 7.13. The van der Waals surface area contributed by atoms with Gasteiger partial charge in [-0.1, -0.05) is 23.2 Å². The number of anilines is 1. The number of aromatic hydroxyl groups is 1. The zero-order valence-corrected chi connectivity index (χ0v) is 19.5. The van der Waals surface area contributed by atoms with Crippen LogP contribution in [0.1, 0.15) is 24.0 Å². The number of piperidine rings is 1. The first-order valence-corrected chi connectivity index (χ1v) is 11.9. The Morgan fingerprint density at radius 1 is 1.15 bits per heavy atom. The molecule has 3 aliphatic rings. The lowest BCUT2D eigenvalue weighted by Gasteiger charge is -2.41. The summed E-state index contributed by atoms with van der Waals surface area (Å²) in [5, 5.41) is 31.1. The van der Waals surface area contributed by atoms with Gasteiger partial charge in [-0.2, -0.15) is 0 Å². The second-order valence-corrected chi connectivity index (χ2v) is 10.1. The Balaban J connectivity index is 1.28. The number of aliphatic hydroxyl groups excluding tert-OH is 1. The first-order chi connectivity index (χ1) is 15.7. The maximum atomic E-state index is 11.3. The van der Waals surface area contributed by atoms with E-state index in [4.69, 9.17) is 27.9 Å². The summed E-state index contributed by atoms with van der Waals surface area (Å²) in [5.74, 6) is -0.167. The summed E-state index contributed by atoms with van der Waals surface area (Å²) in [7, 11) is 0. The number of aliphatic carboxylic acids is 1. The minimum atomic E-state index is -0.977. The van der Waals surface area contributed by atoms with Crippen molar-refractivity contribution < 1.29 is 24.9 Å². The van der Waals surface area contributed by atoms with E-state index in [0.717, 1.165) is 48.7 Å². The molecule has 1 spiro atoms. The molecule has 176 valence electrons. The maximum Gasteiger partial charge on any atom is 0.307 e. The van der Waals surface area contributed by atoms with Crippen molar-refractivity contribution in [1.82, 2.24) is 4.90 Å². The number of benzene rings is 2. The van der Waals surface area contributed by atoms with Crippen LogP contribution in [0.15, 0.2) is 30.3 Å². The zero-order valence-electron chi connectivity index (χ0n) is 18.0. The summed E-state index contributed by atoms with van der Waals surface area (Å²) < 4.78 is 6.34. The predicted octanol–water partition coefficient (Wildman–Crippen LogP) is 3.35. The Kier molecular flexibility index (Phi) is 5.85. The number of carboxylic acid groups (broad SMARTS) is 1. The fourth-order valence-corrected chi connectivity index (χ4v) is 5.84. The van der Waals surface area contributed by atoms with Crippen LogP contribution in [0.4, 0.5) is 5.69 Å². The molecule has 2 fully saturated rings. The molecule has 0 radical (unpaired) electrons. The van der Waals surface area contributed by atoms with E-state index in [-0.39, 0.29) is 28.8 Å². The summed E-state index contributed by atoms with van der Waals surface area (Å²) in [4.78, 5) is 15.6. The molecule has 2 saturated heterocycles. The number of fused-ring (bicyclic) bond motifs is 1. The molecule has 2 atom stereocenters. The molecule has 0 aromatic heterocycles. The number of ether oxygens (including phenoxy) is 1. The molecule has 5 rings (SSSR count). The van der Waals surface area contributed by atoms with E-state index in [0.29, 0.717) is 24.3 Å². The molecular formula is C24H26Cl2N2O5. The second kappa shape index (κ2) is 8.55. The molecule has 3 heterocycles. The smallest absolute Gasteiger partial charge is 0.307 e. The molecule has 1 unspecified atom stereocenters. The van der Waals surface area contributed by atoms with Crippen LogP contribution in [0.5, 0.6) is 11.5 Å². The van der Waals surface area contributed by atoms with Crippen LogP contribution in [0.3, 0.4) is 0 Å². The summed E-state index contributed by atoms with van der Waals surface area (Å²) in [5.41, 5.74) is 2.05. The number of β-amino-alcohol motifs (C(OH)–C–C–N with tert-alkyl or cyclic N) is 1. The minimum Gasteiger partial charge on any atom is -0.506 e. The van der Waals surface area contributed by atoms with Crippen molar-refractivity contribution in [3.05, 3.63) is 51.5 Å². The summed E-state index contributed by atoms with van der Waals surface area (Å²) >= 11 is 12.2. The topological polar surface area (TPSA) is 93.5 Å². The number of rotatable bonds is 4. The summed E-state index contributed by atoms with van der Waals surface area (Å²) in [6.07, 6.45) is 1.76. The fraction of sp³-hybridized carbons (Fsp3) is 0.458. The molecular weight excluding hydrogens is 467 g/mol. The van der Waals surface area contributed by atoms with E-state index in [2.05, 4.69) is 4.90 Å². The van der Waals surface area contributed by atoms with Gasteiger partial charge in [-0.25, -0.2) is 0 Å². The van der Waals surface area contributed by atoms with Crippen LogP contribution in [0.2, 0.25) is 10.0 Å². The zero-order chi connectivity index (χ0) is 23.3. The van der Waals surface area contributed by atoms with E-state index in [1.165, 1.54) is 12.1 Å². The molecule has 0 amide bonds. The Morgan fingerprint density at radius 3 is 2.64 bits per heavy atom. The van der Waals surface area contributed by atoms with Crippen molar-refractivity contribution >= 4 is 34.9 Å². The molecule has 33 heavy (non-hydrogen) atoms. The number of hydrogen-bond acceptors (Lipinski definition) is 6. The lowest BCUT2D eigenvalue weighted by atomic mass is 9.86. The summed E-state index contributed by atoms with van der Waals surface area (Å²) in [6, 6.07) is 8.67. The van der Waals surface area contributed by atoms with Crippen molar-refractivity contribution in [2.75, 3.05) is 31.1 Å². The van der Waals surface area contributed by atoms with Gasteiger partial charge in [0.05, 0.1) is 23.6 Å². The fourth-order valence-electron chi connectivity index (χ4n) is 5.46. The minimum absolute atomic E-state index is 0.0870. The van der Waals surface area contributed by atoms with E-state index in [9.17, 15) is 20.1 Å². The van der Waals surface area contributed by atoms with Gasteiger partial charge in [-0.05, 0) is 35.4 Å². The van der Waals surface area contributed by atoms with Gasteiger partial charge in [-0.15, -0.1) is 0 Å². The highest BCUT2D eigenvalue weighted by molar-refractivity contribution is 6.32. The molecule has 2 aromatic carbocycles. The number of phenols is 1. The van der Waals surface area contributed by atoms with Crippen LogP contribution in [0.25, 0.3) is 0 Å². The molecule has 7 nitrogen and oxygen atoms in total. The van der Waals surface area contributed by atoms with Crippen molar-refractivity contribution in [3.8, 4) is 11.5 Å². The average Bonchev–Trinajstić information content (AvgIpc) is 3.30. The Bertz CT molecular complexity index is 1090. The quantitative estimate of drug-likeness (QED) is 0.602. The molecule has 9 heteroatoms. The largest absolute Gasteiger partial charge is 0.506 e. The van der Waals surface area contributed by atoms with E-state index in [1.54, 1.807) is 0 Å². The van der Waals surface area contributed by atoms with Crippen molar-refractivity contribution in [2.24, 2.45) is 0 Å². The normalized spacial score (nSPS) is 24.2. The van der Waals surface area contributed by atoms with Gasteiger partial charge in [0, 0.05) is 62.2 Å². The van der Waals surface area contributed by atoms with Crippen LogP contribution < -0.4 is 9.64 Å². The third kappa shape index (κ3) is 4.35. The van der Waals surface area contributed by atoms with Crippen LogP contribution in [0, 0.1) is 0 Å². The van der Waals surface area contributed by atoms with Crippen molar-refractivity contribution in [2.45, 2.75) is 43.4 Å². The lowest BCUT2D eigenvalue weighted by molar-refractivity contribution is -0.136. The number of carbonyl (C=O) groups is 1. The van der Waals surface area contributed by atoms with Crippen LogP contribution in [-0.2, 0) is 17.6 Å². The highest BCUT2D eigenvalue weighted by Gasteiger charge is 2.45. The number of hydrogen-bond donors (Lipinski definition) is 3. The first kappa shape index (κ1) is 22.6. The number of nitrogens with zero attached hydrogens (tertiary/aromatic N) is 2.